The summed E-state index contributed by atoms with van der Waals surface area (Å²) in [5, 5.41) is 0. The van der Waals surface area contributed by atoms with E-state index in [1.165, 1.54) is 6.33 Å². The van der Waals surface area contributed by atoms with Gasteiger partial charge in [0.25, 0.3) is 0 Å². The van der Waals surface area contributed by atoms with E-state index in [4.69, 9.17) is 4.74 Å². The third kappa shape index (κ3) is 2.63. The third-order valence-corrected chi connectivity index (χ3v) is 2.00. The van der Waals surface area contributed by atoms with Crippen LogP contribution >= 0.6 is 0 Å². The van der Waals surface area contributed by atoms with Crippen molar-refractivity contribution in [1.82, 2.24) is 9.97 Å². The van der Waals surface area contributed by atoms with Crippen LogP contribution in [0.15, 0.2) is 48.0 Å². The van der Waals surface area contributed by atoms with Gasteiger partial charge in [-0.1, -0.05) is 6.07 Å². The van der Waals surface area contributed by atoms with Crippen LogP contribution in [0.3, 0.4) is 0 Å². The van der Waals surface area contributed by atoms with Crippen LogP contribution in [0.25, 0.3) is 0 Å². The molecule has 0 aliphatic carbocycles. The first-order chi connectivity index (χ1) is 7.88. The Morgan fingerprint density at radius 3 is 2.81 bits per heavy atom. The Morgan fingerprint density at radius 2 is 2.06 bits per heavy atom. The Morgan fingerprint density at radius 1 is 1.25 bits per heavy atom. The van der Waals surface area contributed by atoms with Crippen molar-refractivity contribution in [3.8, 4) is 5.75 Å². The predicted octanol–water partition coefficient (Wildman–Crippen LogP) is 2.24. The quantitative estimate of drug-likeness (QED) is 0.734. The van der Waals surface area contributed by atoms with Crippen LogP contribution in [0.2, 0.25) is 0 Å². The van der Waals surface area contributed by atoms with E-state index in [9.17, 15) is 0 Å². The highest BCUT2D eigenvalue weighted by Crippen LogP contribution is 2.19. The molecule has 0 bridgehead atoms. The second kappa shape index (κ2) is 5.02. The van der Waals surface area contributed by atoms with Gasteiger partial charge in [0, 0.05) is 30.2 Å². The lowest BCUT2D eigenvalue weighted by molar-refractivity contribution is 0.415. The molecule has 0 atom stereocenters. The minimum Gasteiger partial charge on any atom is -0.497 e. The maximum atomic E-state index is 5.11. The minimum absolute atomic E-state index is 0.791. The van der Waals surface area contributed by atoms with Crippen LogP contribution in [0.1, 0.15) is 5.56 Å². The molecule has 1 aromatic carbocycles. The summed E-state index contributed by atoms with van der Waals surface area (Å²) in [5.41, 5.74) is 1.70. The van der Waals surface area contributed by atoms with Gasteiger partial charge in [0.2, 0.25) is 0 Å². The molecular formula is C12H11N3O. The molecule has 1 heterocycles. The molecule has 0 fully saturated rings. The molecule has 2 rings (SSSR count). The smallest absolute Gasteiger partial charge is 0.121 e. The van der Waals surface area contributed by atoms with E-state index in [1.807, 2.05) is 24.3 Å². The summed E-state index contributed by atoms with van der Waals surface area (Å²) < 4.78 is 5.11. The summed E-state index contributed by atoms with van der Waals surface area (Å²) in [4.78, 5) is 12.1. The standard InChI is InChI=1S/C12H11N3O/c1-16-12-4-2-3-11(5-12)15-8-10-6-13-9-14-7-10/h2-9H,1H3. The Bertz CT molecular complexity index is 483. The van der Waals surface area contributed by atoms with Crippen molar-refractivity contribution < 1.29 is 4.74 Å². The van der Waals surface area contributed by atoms with Crippen LogP contribution in [-0.4, -0.2) is 23.3 Å². The van der Waals surface area contributed by atoms with Gasteiger partial charge in [-0.2, -0.15) is 0 Å². The molecule has 16 heavy (non-hydrogen) atoms. The fraction of sp³-hybridized carbons (Fsp3) is 0.0833. The number of aliphatic imine (C=N–C) groups is 1. The first-order valence-corrected chi connectivity index (χ1v) is 4.81. The van der Waals surface area contributed by atoms with E-state index < -0.39 is 0 Å². The monoisotopic (exact) mass is 213 g/mol. The maximum absolute atomic E-state index is 5.11. The van der Waals surface area contributed by atoms with Gasteiger partial charge in [-0.25, -0.2) is 9.97 Å². The SMILES string of the molecule is COc1cccc(N=Cc2cncnc2)c1. The van der Waals surface area contributed by atoms with Gasteiger partial charge in [-0.15, -0.1) is 0 Å². The molecule has 4 heteroatoms. The summed E-state index contributed by atoms with van der Waals surface area (Å²) in [7, 11) is 1.63. The number of benzene rings is 1. The molecule has 0 amide bonds. The number of hydrogen-bond acceptors (Lipinski definition) is 4. The highest BCUT2D eigenvalue weighted by atomic mass is 16.5. The minimum atomic E-state index is 0.791. The van der Waals surface area contributed by atoms with Gasteiger partial charge in [0.05, 0.1) is 12.8 Å². The summed E-state index contributed by atoms with van der Waals surface area (Å²) in [5.74, 6) is 0.791. The number of aromatic nitrogens is 2. The van der Waals surface area contributed by atoms with E-state index in [1.54, 1.807) is 25.7 Å². The largest absolute Gasteiger partial charge is 0.497 e. The maximum Gasteiger partial charge on any atom is 0.121 e. The molecule has 1 aromatic heterocycles. The zero-order valence-corrected chi connectivity index (χ0v) is 8.87. The van der Waals surface area contributed by atoms with Gasteiger partial charge in [0.15, 0.2) is 0 Å². The van der Waals surface area contributed by atoms with E-state index >= 15 is 0 Å². The van der Waals surface area contributed by atoms with Crippen molar-refractivity contribution in [1.29, 1.82) is 0 Å². The number of ether oxygens (including phenoxy) is 1. The Hall–Kier alpha value is -2.23. The van der Waals surface area contributed by atoms with Crippen molar-refractivity contribution in [2.45, 2.75) is 0 Å². The van der Waals surface area contributed by atoms with Crippen LogP contribution in [-0.2, 0) is 0 Å². The first-order valence-electron chi connectivity index (χ1n) is 4.81. The zero-order chi connectivity index (χ0) is 11.2. The van der Waals surface area contributed by atoms with Crippen molar-refractivity contribution >= 4 is 11.9 Å². The average Bonchev–Trinajstić information content (AvgIpc) is 2.38. The van der Waals surface area contributed by atoms with E-state index in [0.29, 0.717) is 0 Å². The number of hydrogen-bond donors (Lipinski definition) is 0. The summed E-state index contributed by atoms with van der Waals surface area (Å²) >= 11 is 0. The van der Waals surface area contributed by atoms with E-state index in [0.717, 1.165) is 17.0 Å². The first kappa shape index (κ1) is 10.3. The molecule has 0 saturated heterocycles. The highest BCUT2D eigenvalue weighted by Gasteiger charge is 1.92. The van der Waals surface area contributed by atoms with Crippen molar-refractivity contribution in [2.24, 2.45) is 4.99 Å². The number of nitrogens with zero attached hydrogens (tertiary/aromatic N) is 3. The van der Waals surface area contributed by atoms with Crippen molar-refractivity contribution in [2.75, 3.05) is 7.11 Å². The van der Waals surface area contributed by atoms with Crippen LogP contribution in [0.4, 0.5) is 5.69 Å². The van der Waals surface area contributed by atoms with Gasteiger partial charge in [-0.05, 0) is 12.1 Å². The molecule has 4 nitrogen and oxygen atoms in total. The average molecular weight is 213 g/mol. The molecule has 0 saturated carbocycles. The highest BCUT2D eigenvalue weighted by molar-refractivity contribution is 5.81. The molecule has 0 spiro atoms. The predicted molar refractivity (Wildman–Crippen MR) is 62.3 cm³/mol. The number of rotatable bonds is 3. The van der Waals surface area contributed by atoms with Crippen LogP contribution in [0.5, 0.6) is 5.75 Å². The zero-order valence-electron chi connectivity index (χ0n) is 8.87. The summed E-state index contributed by atoms with van der Waals surface area (Å²) in [6.07, 6.45) is 6.62. The molecule has 80 valence electrons. The number of methoxy groups -OCH3 is 1. The summed E-state index contributed by atoms with van der Waals surface area (Å²) in [6, 6.07) is 7.54. The third-order valence-electron chi connectivity index (χ3n) is 2.00. The molecule has 0 radical (unpaired) electrons. The summed E-state index contributed by atoms with van der Waals surface area (Å²) in [6.45, 7) is 0. The molecule has 0 N–H and O–H groups in total. The van der Waals surface area contributed by atoms with Gasteiger partial charge in [-0.3, -0.25) is 4.99 Å². The fourth-order valence-electron chi connectivity index (χ4n) is 1.22. The fourth-order valence-corrected chi connectivity index (χ4v) is 1.22. The molecule has 0 aliphatic heterocycles. The molecule has 0 aliphatic rings. The van der Waals surface area contributed by atoms with Gasteiger partial charge in [0.1, 0.15) is 12.1 Å². The molecule has 0 unspecified atom stereocenters. The lowest BCUT2D eigenvalue weighted by Crippen LogP contribution is -1.84. The topological polar surface area (TPSA) is 47.4 Å². The Kier molecular flexibility index (Phi) is 3.23. The lowest BCUT2D eigenvalue weighted by atomic mass is 10.3. The second-order valence-corrected chi connectivity index (χ2v) is 3.13. The van der Waals surface area contributed by atoms with Crippen LogP contribution < -0.4 is 4.74 Å². The van der Waals surface area contributed by atoms with Gasteiger partial charge >= 0.3 is 0 Å². The molecular weight excluding hydrogens is 202 g/mol. The normalized spacial score (nSPS) is 10.6. The Balaban J connectivity index is 2.17. The van der Waals surface area contributed by atoms with Crippen LogP contribution in [0, 0.1) is 0 Å². The second-order valence-electron chi connectivity index (χ2n) is 3.13. The van der Waals surface area contributed by atoms with Gasteiger partial charge < -0.3 is 4.74 Å². The Labute approximate surface area is 93.7 Å². The van der Waals surface area contributed by atoms with E-state index in [2.05, 4.69) is 15.0 Å². The molecule has 2 aromatic rings. The van der Waals surface area contributed by atoms with Crippen molar-refractivity contribution in [3.63, 3.8) is 0 Å². The van der Waals surface area contributed by atoms with Crippen molar-refractivity contribution in [3.05, 3.63) is 48.5 Å². The lowest BCUT2D eigenvalue weighted by Gasteiger charge is -1.99. The van der Waals surface area contributed by atoms with E-state index in [-0.39, 0.29) is 0 Å².